The first kappa shape index (κ1) is 17.3. The third-order valence-electron chi connectivity index (χ3n) is 5.15. The van der Waals surface area contributed by atoms with E-state index in [9.17, 15) is 4.79 Å². The lowest BCUT2D eigenvalue weighted by Gasteiger charge is -2.28. The van der Waals surface area contributed by atoms with Gasteiger partial charge in [0.1, 0.15) is 5.69 Å². The van der Waals surface area contributed by atoms with Gasteiger partial charge in [0.25, 0.3) is 5.91 Å². The van der Waals surface area contributed by atoms with Crippen LogP contribution in [0.25, 0.3) is 0 Å². The first-order valence-corrected chi connectivity index (χ1v) is 9.27. The van der Waals surface area contributed by atoms with Gasteiger partial charge in [-0.15, -0.1) is 0 Å². The molecule has 0 unspecified atom stereocenters. The number of rotatable bonds is 3. The van der Waals surface area contributed by atoms with E-state index in [1.165, 1.54) is 22.3 Å². The predicted octanol–water partition coefficient (Wildman–Crippen LogP) is 4.64. The Kier molecular flexibility index (Phi) is 4.63. The first-order valence-electron chi connectivity index (χ1n) is 9.27. The van der Waals surface area contributed by atoms with Gasteiger partial charge in [0.2, 0.25) is 0 Å². The van der Waals surface area contributed by atoms with Gasteiger partial charge in [0, 0.05) is 30.7 Å². The molecule has 0 spiro atoms. The smallest absolute Gasteiger partial charge is 0.272 e. The summed E-state index contributed by atoms with van der Waals surface area (Å²) in [7, 11) is 0. The topological polar surface area (TPSA) is 45.2 Å². The van der Waals surface area contributed by atoms with Crippen molar-refractivity contribution in [1.82, 2.24) is 9.88 Å². The zero-order valence-electron chi connectivity index (χ0n) is 15.7. The number of hydrogen-bond acceptors (Lipinski definition) is 3. The molecule has 2 heterocycles. The summed E-state index contributed by atoms with van der Waals surface area (Å²) in [6, 6.07) is 18.3. The van der Waals surface area contributed by atoms with Gasteiger partial charge >= 0.3 is 0 Å². The summed E-state index contributed by atoms with van der Waals surface area (Å²) < 4.78 is 0. The summed E-state index contributed by atoms with van der Waals surface area (Å²) in [5.74, 6) is -0.0188. The molecule has 4 nitrogen and oxygen atoms in total. The molecule has 4 rings (SSSR count). The maximum absolute atomic E-state index is 13.0. The average Bonchev–Trinajstić information content (AvgIpc) is 2.70. The monoisotopic (exact) mass is 357 g/mol. The van der Waals surface area contributed by atoms with Crippen LogP contribution in [0.5, 0.6) is 0 Å². The van der Waals surface area contributed by atoms with Crippen molar-refractivity contribution in [3.8, 4) is 0 Å². The second kappa shape index (κ2) is 7.23. The minimum absolute atomic E-state index is 0.0188. The molecule has 3 aromatic rings. The number of para-hydroxylation sites is 1. The zero-order valence-corrected chi connectivity index (χ0v) is 15.7. The number of benzene rings is 2. The van der Waals surface area contributed by atoms with E-state index in [1.54, 1.807) is 6.20 Å². The van der Waals surface area contributed by atoms with Crippen LogP contribution >= 0.6 is 0 Å². The fraction of sp³-hybridized carbons (Fsp3) is 0.217. The van der Waals surface area contributed by atoms with Crippen LogP contribution in [0.2, 0.25) is 0 Å². The van der Waals surface area contributed by atoms with Crippen molar-refractivity contribution in [2.24, 2.45) is 0 Å². The lowest BCUT2D eigenvalue weighted by Crippen LogP contribution is -2.36. The molecule has 1 aliphatic rings. The number of aromatic nitrogens is 1. The molecule has 0 bridgehead atoms. The van der Waals surface area contributed by atoms with Crippen LogP contribution in [0.3, 0.4) is 0 Å². The predicted molar refractivity (Wildman–Crippen MR) is 108 cm³/mol. The Morgan fingerprint density at radius 1 is 1.00 bits per heavy atom. The average molecular weight is 357 g/mol. The van der Waals surface area contributed by atoms with Gasteiger partial charge in [-0.1, -0.05) is 42.5 Å². The molecular weight excluding hydrogens is 334 g/mol. The Bertz CT molecular complexity index is 976. The summed E-state index contributed by atoms with van der Waals surface area (Å²) in [5.41, 5.74) is 7.34. The third-order valence-corrected chi connectivity index (χ3v) is 5.15. The number of hydrogen-bond donors (Lipinski definition) is 1. The Balaban J connectivity index is 1.55. The summed E-state index contributed by atoms with van der Waals surface area (Å²) in [5, 5.41) is 3.44. The lowest BCUT2D eigenvalue weighted by atomic mass is 10.00. The molecule has 136 valence electrons. The fourth-order valence-electron chi connectivity index (χ4n) is 3.61. The number of carbonyl (C=O) groups excluding carboxylic acids is 1. The number of aryl methyl sites for hydroxylation is 2. The minimum Gasteiger partial charge on any atom is -0.355 e. The molecular formula is C23H23N3O. The van der Waals surface area contributed by atoms with E-state index in [0.717, 1.165) is 24.3 Å². The minimum atomic E-state index is -0.0188. The molecule has 2 aromatic carbocycles. The molecule has 0 saturated heterocycles. The second-order valence-corrected chi connectivity index (χ2v) is 7.07. The van der Waals surface area contributed by atoms with E-state index in [4.69, 9.17) is 0 Å². The van der Waals surface area contributed by atoms with Gasteiger partial charge in [-0.3, -0.25) is 9.78 Å². The van der Waals surface area contributed by atoms with E-state index in [0.29, 0.717) is 12.2 Å². The van der Waals surface area contributed by atoms with Crippen molar-refractivity contribution in [3.05, 3.63) is 88.7 Å². The highest BCUT2D eigenvalue weighted by Gasteiger charge is 2.22. The van der Waals surface area contributed by atoms with Crippen LogP contribution in [-0.4, -0.2) is 22.3 Å². The highest BCUT2D eigenvalue weighted by molar-refractivity contribution is 5.93. The molecule has 0 atom stereocenters. The largest absolute Gasteiger partial charge is 0.355 e. The maximum Gasteiger partial charge on any atom is 0.272 e. The summed E-state index contributed by atoms with van der Waals surface area (Å²) in [6.07, 6.45) is 2.59. The molecule has 4 heteroatoms. The molecule has 0 aliphatic carbocycles. The van der Waals surface area contributed by atoms with Gasteiger partial charge < -0.3 is 10.2 Å². The summed E-state index contributed by atoms with van der Waals surface area (Å²) >= 11 is 0. The van der Waals surface area contributed by atoms with Crippen molar-refractivity contribution >= 4 is 17.3 Å². The number of nitrogens with zero attached hydrogens (tertiary/aromatic N) is 2. The normalized spacial score (nSPS) is 13.2. The van der Waals surface area contributed by atoms with E-state index < -0.39 is 0 Å². The third kappa shape index (κ3) is 3.56. The fourth-order valence-corrected chi connectivity index (χ4v) is 3.61. The van der Waals surface area contributed by atoms with Gasteiger partial charge in [-0.05, 0) is 54.7 Å². The molecule has 1 aromatic heterocycles. The van der Waals surface area contributed by atoms with Crippen LogP contribution in [0, 0.1) is 13.8 Å². The second-order valence-electron chi connectivity index (χ2n) is 7.07. The van der Waals surface area contributed by atoms with Gasteiger partial charge in [0.05, 0.1) is 0 Å². The van der Waals surface area contributed by atoms with Crippen LogP contribution in [-0.2, 0) is 13.0 Å². The number of pyridine rings is 1. The number of fused-ring (bicyclic) bond motifs is 1. The van der Waals surface area contributed by atoms with Crippen LogP contribution in [0.4, 0.5) is 11.4 Å². The van der Waals surface area contributed by atoms with Gasteiger partial charge in [-0.2, -0.15) is 0 Å². The van der Waals surface area contributed by atoms with Crippen LogP contribution < -0.4 is 5.32 Å². The Morgan fingerprint density at radius 3 is 2.52 bits per heavy atom. The van der Waals surface area contributed by atoms with Crippen LogP contribution in [0.1, 0.15) is 32.7 Å². The molecule has 1 amide bonds. The highest BCUT2D eigenvalue weighted by Crippen LogP contribution is 2.25. The van der Waals surface area contributed by atoms with Crippen molar-refractivity contribution in [2.45, 2.75) is 26.8 Å². The molecule has 0 fully saturated rings. The standard InChI is InChI=1S/C23H23N3O/c1-16-6-5-7-17(2)22(16)25-20-10-12-24-21(14-20)23(27)26-13-11-18-8-3-4-9-19(18)15-26/h3-10,12,14H,11,13,15H2,1-2H3,(H,24,25). The highest BCUT2D eigenvalue weighted by atomic mass is 16.2. The van der Waals surface area contributed by atoms with Crippen molar-refractivity contribution in [3.63, 3.8) is 0 Å². The Labute approximate surface area is 159 Å². The van der Waals surface area contributed by atoms with Crippen molar-refractivity contribution < 1.29 is 4.79 Å². The number of nitrogens with one attached hydrogen (secondary N) is 1. The van der Waals surface area contributed by atoms with E-state index in [2.05, 4.69) is 54.5 Å². The van der Waals surface area contributed by atoms with Gasteiger partial charge in [0.15, 0.2) is 0 Å². The number of amides is 1. The van der Waals surface area contributed by atoms with E-state index >= 15 is 0 Å². The van der Waals surface area contributed by atoms with Crippen molar-refractivity contribution in [1.29, 1.82) is 0 Å². The zero-order chi connectivity index (χ0) is 18.8. The SMILES string of the molecule is Cc1cccc(C)c1Nc1ccnc(C(=O)N2CCc3ccccc3C2)c1. The Hall–Kier alpha value is -3.14. The number of anilines is 2. The molecule has 0 saturated carbocycles. The van der Waals surface area contributed by atoms with Crippen molar-refractivity contribution in [2.75, 3.05) is 11.9 Å². The molecule has 1 N–H and O–H groups in total. The van der Waals surface area contributed by atoms with E-state index in [-0.39, 0.29) is 5.91 Å². The maximum atomic E-state index is 13.0. The molecule has 0 radical (unpaired) electrons. The first-order chi connectivity index (χ1) is 13.1. The van der Waals surface area contributed by atoms with Crippen LogP contribution in [0.15, 0.2) is 60.8 Å². The lowest BCUT2D eigenvalue weighted by molar-refractivity contribution is 0.0729. The van der Waals surface area contributed by atoms with Gasteiger partial charge in [-0.25, -0.2) is 0 Å². The van der Waals surface area contributed by atoms with E-state index in [1.807, 2.05) is 29.2 Å². The molecule has 1 aliphatic heterocycles. The summed E-state index contributed by atoms with van der Waals surface area (Å²) in [4.78, 5) is 19.2. The number of carbonyl (C=O) groups is 1. The summed E-state index contributed by atoms with van der Waals surface area (Å²) in [6.45, 7) is 5.53. The quantitative estimate of drug-likeness (QED) is 0.743. The molecule has 27 heavy (non-hydrogen) atoms. The Morgan fingerprint density at radius 2 is 1.74 bits per heavy atom.